The van der Waals surface area contributed by atoms with E-state index in [-0.39, 0.29) is 12.0 Å². The van der Waals surface area contributed by atoms with E-state index in [9.17, 15) is 5.11 Å². The van der Waals surface area contributed by atoms with Gasteiger partial charge in [0.05, 0.1) is 17.6 Å². The van der Waals surface area contributed by atoms with Crippen molar-refractivity contribution in [2.24, 2.45) is 0 Å². The number of aliphatic hydroxyl groups is 2. The summed E-state index contributed by atoms with van der Waals surface area (Å²) in [6.45, 7) is 6.11. The van der Waals surface area contributed by atoms with Gasteiger partial charge in [-0.25, -0.2) is 4.98 Å². The molecule has 2 aromatic rings. The predicted octanol–water partition coefficient (Wildman–Crippen LogP) is 1.89. The number of nitrogens with one attached hydrogen (secondary N) is 1. The molecule has 1 heterocycles. The Kier molecular flexibility index (Phi) is 2.93. The quantitative estimate of drug-likeness (QED) is 0.743. The number of rotatable bonds is 2. The molecule has 1 aromatic heterocycles. The zero-order valence-electron chi connectivity index (χ0n) is 10.4. The first-order chi connectivity index (χ1) is 7.91. The molecule has 0 radical (unpaired) electrons. The molecular formula is C13H18N2O2. The molecule has 0 saturated heterocycles. The van der Waals surface area contributed by atoms with E-state index in [4.69, 9.17) is 5.11 Å². The largest absolute Gasteiger partial charge is 0.393 e. The van der Waals surface area contributed by atoms with Gasteiger partial charge in [-0.15, -0.1) is 0 Å². The number of aromatic amines is 1. The van der Waals surface area contributed by atoms with Gasteiger partial charge in [0.2, 0.25) is 0 Å². The fourth-order valence-electron chi connectivity index (χ4n) is 1.74. The number of benzene rings is 1. The Morgan fingerprint density at radius 3 is 2.65 bits per heavy atom. The minimum atomic E-state index is -0.944. The van der Waals surface area contributed by atoms with Crippen LogP contribution in [0.2, 0.25) is 0 Å². The Morgan fingerprint density at radius 2 is 2.06 bits per heavy atom. The Labute approximate surface area is 100 Å². The van der Waals surface area contributed by atoms with Gasteiger partial charge in [-0.05, 0) is 23.1 Å². The number of aromatic nitrogens is 2. The van der Waals surface area contributed by atoms with Gasteiger partial charge in [-0.3, -0.25) is 0 Å². The van der Waals surface area contributed by atoms with Crippen LogP contribution in [0.4, 0.5) is 0 Å². The first kappa shape index (κ1) is 12.1. The molecule has 0 amide bonds. The SMILES string of the molecule is CC(C)(C)c1ccc2nc(C(O)CO)[nH]c2c1. The summed E-state index contributed by atoms with van der Waals surface area (Å²) in [5.74, 6) is 0.411. The van der Waals surface area contributed by atoms with Crippen LogP contribution in [0.1, 0.15) is 38.3 Å². The van der Waals surface area contributed by atoms with Crippen LogP contribution in [0.5, 0.6) is 0 Å². The summed E-state index contributed by atoms with van der Waals surface area (Å²) in [6.07, 6.45) is -0.944. The minimum absolute atomic E-state index is 0.0784. The van der Waals surface area contributed by atoms with Crippen molar-refractivity contribution in [3.63, 3.8) is 0 Å². The average molecular weight is 234 g/mol. The number of fused-ring (bicyclic) bond motifs is 1. The summed E-state index contributed by atoms with van der Waals surface area (Å²) in [5.41, 5.74) is 2.98. The molecule has 4 heteroatoms. The van der Waals surface area contributed by atoms with Gasteiger partial charge in [0.1, 0.15) is 11.9 Å². The third-order valence-electron chi connectivity index (χ3n) is 2.85. The highest BCUT2D eigenvalue weighted by molar-refractivity contribution is 5.76. The normalized spacial score (nSPS) is 14.2. The summed E-state index contributed by atoms with van der Waals surface area (Å²) in [5, 5.41) is 18.4. The predicted molar refractivity (Wildman–Crippen MR) is 66.8 cm³/mol. The molecule has 4 nitrogen and oxygen atoms in total. The molecule has 0 bridgehead atoms. The lowest BCUT2D eigenvalue weighted by molar-refractivity contribution is 0.0895. The molecule has 17 heavy (non-hydrogen) atoms. The van der Waals surface area contributed by atoms with E-state index < -0.39 is 6.10 Å². The molecule has 0 spiro atoms. The third kappa shape index (κ3) is 2.33. The van der Waals surface area contributed by atoms with Crippen LogP contribution < -0.4 is 0 Å². The van der Waals surface area contributed by atoms with E-state index in [0.29, 0.717) is 5.82 Å². The molecule has 2 rings (SSSR count). The first-order valence-electron chi connectivity index (χ1n) is 5.71. The highest BCUT2D eigenvalue weighted by atomic mass is 16.3. The van der Waals surface area contributed by atoms with Crippen LogP contribution in [0, 0.1) is 0 Å². The second kappa shape index (κ2) is 4.13. The molecule has 0 aliphatic rings. The lowest BCUT2D eigenvalue weighted by Crippen LogP contribution is -2.10. The standard InChI is InChI=1S/C13H18N2O2/c1-13(2,3)8-4-5-9-10(6-8)15-12(14-9)11(17)7-16/h4-6,11,16-17H,7H2,1-3H3,(H,14,15). The van der Waals surface area contributed by atoms with Crippen LogP contribution in [-0.4, -0.2) is 26.8 Å². The zero-order valence-corrected chi connectivity index (χ0v) is 10.4. The Hall–Kier alpha value is -1.39. The van der Waals surface area contributed by atoms with Crippen LogP contribution in [0.3, 0.4) is 0 Å². The lowest BCUT2D eigenvalue weighted by Gasteiger charge is -2.18. The van der Waals surface area contributed by atoms with Gasteiger partial charge in [-0.2, -0.15) is 0 Å². The number of aliphatic hydroxyl groups excluding tert-OH is 2. The number of hydrogen-bond donors (Lipinski definition) is 3. The fourth-order valence-corrected chi connectivity index (χ4v) is 1.74. The van der Waals surface area contributed by atoms with Crippen LogP contribution in [0.15, 0.2) is 18.2 Å². The van der Waals surface area contributed by atoms with Gasteiger partial charge < -0.3 is 15.2 Å². The maximum atomic E-state index is 9.52. The van der Waals surface area contributed by atoms with Gasteiger partial charge >= 0.3 is 0 Å². The van der Waals surface area contributed by atoms with Crippen LogP contribution >= 0.6 is 0 Å². The van der Waals surface area contributed by atoms with Crippen molar-refractivity contribution in [3.05, 3.63) is 29.6 Å². The van der Waals surface area contributed by atoms with Crippen LogP contribution in [-0.2, 0) is 5.41 Å². The molecule has 0 aliphatic heterocycles. The first-order valence-corrected chi connectivity index (χ1v) is 5.71. The van der Waals surface area contributed by atoms with Crippen molar-refractivity contribution in [1.29, 1.82) is 0 Å². The number of nitrogens with zero attached hydrogens (tertiary/aromatic N) is 1. The molecule has 0 saturated carbocycles. The Bertz CT molecular complexity index is 526. The maximum absolute atomic E-state index is 9.52. The molecular weight excluding hydrogens is 216 g/mol. The number of imidazole rings is 1. The van der Waals surface area contributed by atoms with E-state index in [1.54, 1.807) is 0 Å². The second-order valence-corrected chi connectivity index (χ2v) is 5.30. The molecule has 1 aromatic carbocycles. The summed E-state index contributed by atoms with van der Waals surface area (Å²) >= 11 is 0. The molecule has 3 N–H and O–H groups in total. The van der Waals surface area contributed by atoms with Crippen molar-refractivity contribution in [3.8, 4) is 0 Å². The van der Waals surface area contributed by atoms with E-state index in [1.165, 1.54) is 5.56 Å². The van der Waals surface area contributed by atoms with Gasteiger partial charge in [0, 0.05) is 0 Å². The van der Waals surface area contributed by atoms with Crippen molar-refractivity contribution < 1.29 is 10.2 Å². The maximum Gasteiger partial charge on any atom is 0.138 e. The summed E-state index contributed by atoms with van der Waals surface area (Å²) in [4.78, 5) is 7.28. The third-order valence-corrected chi connectivity index (χ3v) is 2.85. The zero-order chi connectivity index (χ0) is 12.6. The highest BCUT2D eigenvalue weighted by Crippen LogP contribution is 2.25. The Morgan fingerprint density at radius 1 is 1.35 bits per heavy atom. The van der Waals surface area contributed by atoms with Gasteiger partial charge in [0.25, 0.3) is 0 Å². The Balaban J connectivity index is 2.48. The minimum Gasteiger partial charge on any atom is -0.393 e. The molecule has 0 aliphatic carbocycles. The topological polar surface area (TPSA) is 69.1 Å². The van der Waals surface area contributed by atoms with Crippen molar-refractivity contribution in [1.82, 2.24) is 9.97 Å². The van der Waals surface area contributed by atoms with Crippen molar-refractivity contribution in [2.75, 3.05) is 6.61 Å². The summed E-state index contributed by atoms with van der Waals surface area (Å²) in [6, 6.07) is 6.01. The number of hydrogen-bond acceptors (Lipinski definition) is 3. The monoisotopic (exact) mass is 234 g/mol. The van der Waals surface area contributed by atoms with Crippen molar-refractivity contribution in [2.45, 2.75) is 32.3 Å². The van der Waals surface area contributed by atoms with E-state index >= 15 is 0 Å². The molecule has 1 atom stereocenters. The molecule has 0 fully saturated rings. The van der Waals surface area contributed by atoms with E-state index in [2.05, 4.69) is 30.7 Å². The lowest BCUT2D eigenvalue weighted by atomic mass is 9.87. The smallest absolute Gasteiger partial charge is 0.138 e. The average Bonchev–Trinajstić information content (AvgIpc) is 2.69. The summed E-state index contributed by atoms with van der Waals surface area (Å²) < 4.78 is 0. The second-order valence-electron chi connectivity index (χ2n) is 5.30. The van der Waals surface area contributed by atoms with Crippen molar-refractivity contribution >= 4 is 11.0 Å². The summed E-state index contributed by atoms with van der Waals surface area (Å²) in [7, 11) is 0. The van der Waals surface area contributed by atoms with Gasteiger partial charge in [-0.1, -0.05) is 26.8 Å². The van der Waals surface area contributed by atoms with Gasteiger partial charge in [0.15, 0.2) is 0 Å². The highest BCUT2D eigenvalue weighted by Gasteiger charge is 2.16. The molecule has 1 unspecified atom stereocenters. The van der Waals surface area contributed by atoms with E-state index in [0.717, 1.165) is 11.0 Å². The number of H-pyrrole nitrogens is 1. The fraction of sp³-hybridized carbons (Fsp3) is 0.462. The molecule has 92 valence electrons. The van der Waals surface area contributed by atoms with E-state index in [1.807, 2.05) is 18.2 Å². The van der Waals surface area contributed by atoms with Crippen LogP contribution in [0.25, 0.3) is 11.0 Å².